The predicted octanol–water partition coefficient (Wildman–Crippen LogP) is 4.88. The van der Waals surface area contributed by atoms with Crippen LogP contribution < -0.4 is 10.1 Å². The van der Waals surface area contributed by atoms with Gasteiger partial charge in [0.05, 0.1) is 5.69 Å². The molecule has 1 atom stereocenters. The normalized spacial score (nSPS) is 11.5. The van der Waals surface area contributed by atoms with Crippen molar-refractivity contribution >= 4 is 28.9 Å². The molecule has 0 aliphatic carbocycles. The van der Waals surface area contributed by atoms with Crippen molar-refractivity contribution in [1.82, 2.24) is 15.0 Å². The third-order valence-corrected chi connectivity index (χ3v) is 5.63. The maximum Gasteiger partial charge on any atom is 0.351 e. The number of benzene rings is 2. The first-order chi connectivity index (χ1) is 16.0. The number of rotatable bonds is 7. The van der Waals surface area contributed by atoms with Gasteiger partial charge in [0.25, 0.3) is 5.91 Å². The van der Waals surface area contributed by atoms with Gasteiger partial charge in [-0.1, -0.05) is 18.2 Å². The Morgan fingerprint density at radius 3 is 2.30 bits per heavy atom. The molecule has 0 aliphatic rings. The van der Waals surface area contributed by atoms with Crippen molar-refractivity contribution < 1.29 is 19.1 Å². The Balaban J connectivity index is 1.35. The minimum absolute atomic E-state index is 0.305. The largest absolute Gasteiger partial charge is 0.457 e. The number of carbonyl (C=O) groups excluding carboxylic acids is 2. The molecule has 2 heterocycles. The van der Waals surface area contributed by atoms with Crippen LogP contribution in [0.25, 0.3) is 10.8 Å². The van der Waals surface area contributed by atoms with Crippen LogP contribution in [-0.2, 0) is 9.53 Å². The number of ether oxygens (including phenoxy) is 2. The molecular weight excluding hydrogens is 440 g/mol. The lowest BCUT2D eigenvalue weighted by Crippen LogP contribution is -2.29. The second-order valence-electron chi connectivity index (χ2n) is 6.98. The van der Waals surface area contributed by atoms with Crippen LogP contribution in [-0.4, -0.2) is 32.9 Å². The summed E-state index contributed by atoms with van der Waals surface area (Å²) in [5, 5.41) is 3.24. The molecular formula is C24H20N4O4S. The van der Waals surface area contributed by atoms with Crippen molar-refractivity contribution in [2.24, 2.45) is 0 Å². The molecule has 1 unspecified atom stereocenters. The quantitative estimate of drug-likeness (QED) is 0.392. The SMILES string of the molecule is Cc1nc(-c2ncccn2)sc1C(=O)OC(C)C(=O)Nc1ccc(Oc2ccccc2)cc1. The molecule has 4 rings (SSSR count). The van der Waals surface area contributed by atoms with Crippen LogP contribution in [0.5, 0.6) is 11.5 Å². The number of aromatic nitrogens is 3. The van der Waals surface area contributed by atoms with Gasteiger partial charge in [-0.15, -0.1) is 11.3 Å². The lowest BCUT2D eigenvalue weighted by molar-refractivity contribution is -0.123. The first-order valence-electron chi connectivity index (χ1n) is 10.1. The van der Waals surface area contributed by atoms with E-state index in [0.29, 0.717) is 32.8 Å². The topological polar surface area (TPSA) is 103 Å². The van der Waals surface area contributed by atoms with Gasteiger partial charge in [0.1, 0.15) is 16.4 Å². The molecule has 0 fully saturated rings. The lowest BCUT2D eigenvalue weighted by Gasteiger charge is -2.13. The fourth-order valence-electron chi connectivity index (χ4n) is 2.83. The van der Waals surface area contributed by atoms with E-state index >= 15 is 0 Å². The highest BCUT2D eigenvalue weighted by Crippen LogP contribution is 2.26. The fourth-order valence-corrected chi connectivity index (χ4v) is 3.73. The number of aryl methyl sites for hydroxylation is 1. The Kier molecular flexibility index (Phi) is 6.70. The smallest absolute Gasteiger partial charge is 0.351 e. The van der Waals surface area contributed by atoms with E-state index in [4.69, 9.17) is 9.47 Å². The summed E-state index contributed by atoms with van der Waals surface area (Å²) in [4.78, 5) is 38.0. The van der Waals surface area contributed by atoms with E-state index in [1.54, 1.807) is 49.6 Å². The summed E-state index contributed by atoms with van der Waals surface area (Å²) in [7, 11) is 0. The molecule has 1 amide bonds. The maximum atomic E-state index is 12.6. The van der Waals surface area contributed by atoms with Gasteiger partial charge in [0, 0.05) is 18.1 Å². The first kappa shape index (κ1) is 22.1. The Bertz CT molecular complexity index is 1240. The van der Waals surface area contributed by atoms with Crippen LogP contribution in [0.1, 0.15) is 22.3 Å². The van der Waals surface area contributed by atoms with Gasteiger partial charge in [0.15, 0.2) is 16.9 Å². The van der Waals surface area contributed by atoms with Crippen LogP contribution in [0, 0.1) is 6.92 Å². The number of hydrogen-bond donors (Lipinski definition) is 1. The van der Waals surface area contributed by atoms with Gasteiger partial charge in [-0.25, -0.2) is 19.7 Å². The summed E-state index contributed by atoms with van der Waals surface area (Å²) in [6.45, 7) is 3.21. The van der Waals surface area contributed by atoms with E-state index in [0.717, 1.165) is 17.1 Å². The van der Waals surface area contributed by atoms with Crippen LogP contribution in [0.2, 0.25) is 0 Å². The summed E-state index contributed by atoms with van der Waals surface area (Å²) in [5.74, 6) is 0.707. The Hall–Kier alpha value is -4.11. The zero-order valence-electron chi connectivity index (χ0n) is 17.9. The maximum absolute atomic E-state index is 12.6. The lowest BCUT2D eigenvalue weighted by atomic mass is 10.2. The standard InChI is InChI=1S/C24H20N4O4S/c1-15-20(33-23(27-15)21-25-13-6-14-26-21)24(30)31-16(2)22(29)28-17-9-11-19(12-10-17)32-18-7-4-3-5-8-18/h3-14,16H,1-2H3,(H,28,29). The Morgan fingerprint density at radius 1 is 0.939 bits per heavy atom. The zero-order valence-corrected chi connectivity index (χ0v) is 18.7. The molecule has 0 saturated heterocycles. The summed E-state index contributed by atoms with van der Waals surface area (Å²) >= 11 is 1.12. The molecule has 1 N–H and O–H groups in total. The summed E-state index contributed by atoms with van der Waals surface area (Å²) < 4.78 is 11.1. The third kappa shape index (κ3) is 5.58. The second-order valence-corrected chi connectivity index (χ2v) is 7.98. The number of para-hydroxylation sites is 1. The Labute approximate surface area is 194 Å². The number of esters is 1. The fraction of sp³-hybridized carbons (Fsp3) is 0.125. The highest BCUT2D eigenvalue weighted by molar-refractivity contribution is 7.16. The molecule has 0 spiro atoms. The number of thiazole rings is 1. The van der Waals surface area contributed by atoms with Crippen molar-refractivity contribution in [3.63, 3.8) is 0 Å². The molecule has 9 heteroatoms. The van der Waals surface area contributed by atoms with Crippen LogP contribution in [0.15, 0.2) is 73.1 Å². The van der Waals surface area contributed by atoms with Crippen molar-refractivity contribution in [2.45, 2.75) is 20.0 Å². The van der Waals surface area contributed by atoms with Gasteiger partial charge >= 0.3 is 5.97 Å². The summed E-state index contributed by atoms with van der Waals surface area (Å²) in [6, 6.07) is 18.0. The predicted molar refractivity (Wildman–Crippen MR) is 124 cm³/mol. The number of nitrogens with one attached hydrogen (secondary N) is 1. The van der Waals surface area contributed by atoms with Crippen molar-refractivity contribution in [1.29, 1.82) is 0 Å². The minimum Gasteiger partial charge on any atom is -0.457 e. The van der Waals surface area contributed by atoms with E-state index in [2.05, 4.69) is 20.3 Å². The molecule has 33 heavy (non-hydrogen) atoms. The summed E-state index contributed by atoms with van der Waals surface area (Å²) in [5.41, 5.74) is 1.05. The average Bonchev–Trinajstić information content (AvgIpc) is 3.23. The van der Waals surface area contributed by atoms with E-state index in [9.17, 15) is 9.59 Å². The van der Waals surface area contributed by atoms with Crippen LogP contribution in [0.3, 0.4) is 0 Å². The monoisotopic (exact) mass is 460 g/mol. The summed E-state index contributed by atoms with van der Waals surface area (Å²) in [6.07, 6.45) is 2.20. The van der Waals surface area contributed by atoms with Crippen molar-refractivity contribution in [3.05, 3.63) is 83.6 Å². The Morgan fingerprint density at radius 2 is 1.61 bits per heavy atom. The molecule has 0 bridgehead atoms. The first-order valence-corrected chi connectivity index (χ1v) is 10.9. The highest BCUT2D eigenvalue weighted by Gasteiger charge is 2.23. The van der Waals surface area contributed by atoms with Crippen molar-refractivity contribution in [3.8, 4) is 22.3 Å². The van der Waals surface area contributed by atoms with E-state index in [1.165, 1.54) is 6.92 Å². The van der Waals surface area contributed by atoms with Crippen LogP contribution in [0.4, 0.5) is 5.69 Å². The second kappa shape index (κ2) is 10.0. The molecule has 2 aromatic carbocycles. The molecule has 0 aliphatic heterocycles. The van der Waals surface area contributed by atoms with E-state index < -0.39 is 18.0 Å². The zero-order chi connectivity index (χ0) is 23.2. The van der Waals surface area contributed by atoms with Crippen molar-refractivity contribution in [2.75, 3.05) is 5.32 Å². The number of nitrogens with zero attached hydrogens (tertiary/aromatic N) is 3. The van der Waals surface area contributed by atoms with Gasteiger partial charge < -0.3 is 14.8 Å². The van der Waals surface area contributed by atoms with Gasteiger partial charge in [-0.3, -0.25) is 4.79 Å². The number of hydrogen-bond acceptors (Lipinski definition) is 8. The van der Waals surface area contributed by atoms with E-state index in [-0.39, 0.29) is 0 Å². The number of anilines is 1. The van der Waals surface area contributed by atoms with Gasteiger partial charge in [0.2, 0.25) is 0 Å². The molecule has 0 radical (unpaired) electrons. The average molecular weight is 461 g/mol. The minimum atomic E-state index is -1.00. The van der Waals surface area contributed by atoms with E-state index in [1.807, 2.05) is 30.3 Å². The molecule has 2 aromatic heterocycles. The van der Waals surface area contributed by atoms with Gasteiger partial charge in [-0.2, -0.15) is 0 Å². The molecule has 166 valence electrons. The van der Waals surface area contributed by atoms with Gasteiger partial charge in [-0.05, 0) is 56.3 Å². The molecule has 8 nitrogen and oxygen atoms in total. The number of carbonyl (C=O) groups is 2. The molecule has 0 saturated carbocycles. The van der Waals surface area contributed by atoms with Crippen LogP contribution >= 0.6 is 11.3 Å². The highest BCUT2D eigenvalue weighted by atomic mass is 32.1. The third-order valence-electron chi connectivity index (χ3n) is 4.49. The molecule has 4 aromatic rings. The number of amides is 1.